The topological polar surface area (TPSA) is 65.3 Å². The fourth-order valence-corrected chi connectivity index (χ4v) is 4.38. The lowest BCUT2D eigenvalue weighted by Crippen LogP contribution is -2.52. The van der Waals surface area contributed by atoms with Crippen LogP contribution in [0.25, 0.3) is 0 Å². The molecule has 0 bridgehead atoms. The fourth-order valence-electron chi connectivity index (χ4n) is 4.38. The number of guanidine groups is 1. The highest BCUT2D eigenvalue weighted by molar-refractivity contribution is 5.79. The average Bonchev–Trinajstić information content (AvgIpc) is 3.28. The van der Waals surface area contributed by atoms with Gasteiger partial charge in [-0.3, -0.25) is 9.89 Å². The van der Waals surface area contributed by atoms with Crippen LogP contribution in [-0.2, 0) is 4.74 Å². The number of likely N-dealkylation sites (N-methyl/N-ethyl adjacent to an activating group) is 1. The van der Waals surface area contributed by atoms with Crippen molar-refractivity contribution in [3.05, 3.63) is 24.2 Å². The smallest absolute Gasteiger partial charge is 0.191 e. The Labute approximate surface area is 175 Å². The predicted molar refractivity (Wildman–Crippen MR) is 117 cm³/mol. The first-order chi connectivity index (χ1) is 14.1. The third-order valence-corrected chi connectivity index (χ3v) is 6.41. The minimum Gasteiger partial charge on any atom is -0.468 e. The Balaban J connectivity index is 1.67. The highest BCUT2D eigenvalue weighted by Crippen LogP contribution is 2.27. The van der Waals surface area contributed by atoms with E-state index < -0.39 is 0 Å². The molecule has 1 atom stereocenters. The molecule has 7 nitrogen and oxygen atoms in total. The standard InChI is InChI=1S/C22H39N5O2/c1-4-23-21(25-18-22(26(2)3)10-15-28-16-11-22)24-17-19(20-9-8-14-29-20)27-12-6-5-7-13-27/h8-9,14,19H,4-7,10-13,15-18H2,1-3H3,(H2,23,24,25). The lowest BCUT2D eigenvalue weighted by molar-refractivity contribution is -0.00255. The summed E-state index contributed by atoms with van der Waals surface area (Å²) in [6.45, 7) is 8.40. The third kappa shape index (κ3) is 5.96. The molecule has 1 aromatic heterocycles. The molecule has 0 aromatic carbocycles. The molecule has 0 spiro atoms. The second-order valence-corrected chi connectivity index (χ2v) is 8.44. The number of nitrogens with one attached hydrogen (secondary N) is 2. The first-order valence-corrected chi connectivity index (χ1v) is 11.2. The zero-order valence-electron chi connectivity index (χ0n) is 18.5. The molecule has 0 amide bonds. The highest BCUT2D eigenvalue weighted by atomic mass is 16.5. The van der Waals surface area contributed by atoms with Crippen LogP contribution >= 0.6 is 0 Å². The van der Waals surface area contributed by atoms with Crippen LogP contribution in [0.5, 0.6) is 0 Å². The van der Waals surface area contributed by atoms with Crippen LogP contribution < -0.4 is 10.6 Å². The minimum atomic E-state index is 0.0773. The van der Waals surface area contributed by atoms with E-state index in [4.69, 9.17) is 14.1 Å². The summed E-state index contributed by atoms with van der Waals surface area (Å²) < 4.78 is 11.4. The zero-order valence-corrected chi connectivity index (χ0v) is 18.5. The molecule has 2 N–H and O–H groups in total. The Morgan fingerprint density at radius 2 is 1.97 bits per heavy atom. The number of ether oxygens (including phenoxy) is 1. The second-order valence-electron chi connectivity index (χ2n) is 8.44. The molecule has 1 unspecified atom stereocenters. The molecule has 2 fully saturated rings. The molecular weight excluding hydrogens is 366 g/mol. The van der Waals surface area contributed by atoms with Crippen molar-refractivity contribution in [2.24, 2.45) is 4.99 Å². The van der Waals surface area contributed by atoms with Crippen molar-refractivity contribution in [1.82, 2.24) is 20.4 Å². The van der Waals surface area contributed by atoms with Crippen LogP contribution in [0.15, 0.2) is 27.8 Å². The molecule has 0 radical (unpaired) electrons. The number of rotatable bonds is 8. The van der Waals surface area contributed by atoms with E-state index in [1.807, 2.05) is 6.07 Å². The van der Waals surface area contributed by atoms with E-state index in [0.29, 0.717) is 0 Å². The Hall–Kier alpha value is -1.57. The van der Waals surface area contributed by atoms with Gasteiger partial charge >= 0.3 is 0 Å². The summed E-state index contributed by atoms with van der Waals surface area (Å²) >= 11 is 0. The van der Waals surface area contributed by atoms with Gasteiger partial charge in [0.15, 0.2) is 5.96 Å². The Kier molecular flexibility index (Phi) is 8.39. The molecule has 7 heteroatoms. The second kappa shape index (κ2) is 11.0. The van der Waals surface area contributed by atoms with Gasteiger partial charge in [0.2, 0.25) is 0 Å². The number of piperidine rings is 1. The summed E-state index contributed by atoms with van der Waals surface area (Å²) in [4.78, 5) is 9.84. The molecule has 2 aliphatic heterocycles. The van der Waals surface area contributed by atoms with E-state index in [1.165, 1.54) is 19.3 Å². The van der Waals surface area contributed by atoms with Gasteiger partial charge in [0.05, 0.1) is 18.8 Å². The summed E-state index contributed by atoms with van der Waals surface area (Å²) in [6.07, 6.45) is 7.67. The molecule has 3 heterocycles. The molecule has 2 aliphatic rings. The van der Waals surface area contributed by atoms with E-state index in [9.17, 15) is 0 Å². The maximum atomic E-state index is 5.78. The van der Waals surface area contributed by atoms with Crippen molar-refractivity contribution >= 4 is 5.96 Å². The van der Waals surface area contributed by atoms with Crippen molar-refractivity contribution < 1.29 is 9.15 Å². The van der Waals surface area contributed by atoms with Gasteiger partial charge in [0.1, 0.15) is 5.76 Å². The van der Waals surface area contributed by atoms with Gasteiger partial charge in [-0.15, -0.1) is 0 Å². The van der Waals surface area contributed by atoms with Gasteiger partial charge in [-0.1, -0.05) is 6.42 Å². The van der Waals surface area contributed by atoms with Crippen molar-refractivity contribution in [1.29, 1.82) is 0 Å². The van der Waals surface area contributed by atoms with Gasteiger partial charge in [-0.25, -0.2) is 0 Å². The SMILES string of the molecule is CCNC(=NCC1(N(C)C)CCOCC1)NCC(c1ccco1)N1CCCCC1. The summed E-state index contributed by atoms with van der Waals surface area (Å²) in [5, 5.41) is 7.01. The summed E-state index contributed by atoms with van der Waals surface area (Å²) in [7, 11) is 4.31. The molecule has 164 valence electrons. The lowest BCUT2D eigenvalue weighted by atomic mass is 9.89. The number of furan rings is 1. The van der Waals surface area contributed by atoms with Crippen molar-refractivity contribution in [3.63, 3.8) is 0 Å². The number of hydrogen-bond acceptors (Lipinski definition) is 5. The lowest BCUT2D eigenvalue weighted by Gasteiger charge is -2.41. The van der Waals surface area contributed by atoms with E-state index in [0.717, 1.165) is 70.5 Å². The normalized spacial score (nSPS) is 21.9. The van der Waals surface area contributed by atoms with Crippen LogP contribution in [0.2, 0.25) is 0 Å². The first-order valence-electron chi connectivity index (χ1n) is 11.2. The summed E-state index contributed by atoms with van der Waals surface area (Å²) in [5.74, 6) is 1.92. The molecule has 1 aromatic rings. The molecule has 0 aliphatic carbocycles. The molecule has 3 rings (SSSR count). The van der Waals surface area contributed by atoms with Crippen LogP contribution in [0.1, 0.15) is 50.8 Å². The monoisotopic (exact) mass is 405 g/mol. The van der Waals surface area contributed by atoms with Gasteiger partial charge in [0, 0.05) is 31.8 Å². The Bertz CT molecular complexity index is 605. The van der Waals surface area contributed by atoms with Crippen molar-refractivity contribution in [2.45, 2.75) is 50.6 Å². The summed E-state index contributed by atoms with van der Waals surface area (Å²) in [5.41, 5.74) is 0.0773. The predicted octanol–water partition coefficient (Wildman–Crippen LogP) is 2.47. The average molecular weight is 406 g/mol. The van der Waals surface area contributed by atoms with Crippen molar-refractivity contribution in [2.75, 3.05) is 60.0 Å². The minimum absolute atomic E-state index is 0.0773. The van der Waals surface area contributed by atoms with Crippen molar-refractivity contribution in [3.8, 4) is 0 Å². The molecule has 2 saturated heterocycles. The number of aliphatic imine (C=N–C) groups is 1. The third-order valence-electron chi connectivity index (χ3n) is 6.41. The Morgan fingerprint density at radius 1 is 1.21 bits per heavy atom. The number of hydrogen-bond donors (Lipinski definition) is 2. The van der Waals surface area contributed by atoms with E-state index >= 15 is 0 Å². The van der Waals surface area contributed by atoms with Crippen LogP contribution in [0, 0.1) is 0 Å². The Morgan fingerprint density at radius 3 is 2.59 bits per heavy atom. The van der Waals surface area contributed by atoms with Gasteiger partial charge in [-0.2, -0.15) is 0 Å². The first kappa shape index (κ1) is 22.1. The maximum Gasteiger partial charge on any atom is 0.191 e. The molecule has 29 heavy (non-hydrogen) atoms. The maximum absolute atomic E-state index is 5.78. The number of likely N-dealkylation sites (tertiary alicyclic amines) is 1. The molecular formula is C22H39N5O2. The largest absolute Gasteiger partial charge is 0.468 e. The highest BCUT2D eigenvalue weighted by Gasteiger charge is 2.34. The van der Waals surface area contributed by atoms with Gasteiger partial charge in [-0.05, 0) is 71.9 Å². The quantitative estimate of drug-likeness (QED) is 0.512. The molecule has 0 saturated carbocycles. The van der Waals surface area contributed by atoms with Crippen LogP contribution in [-0.4, -0.2) is 81.3 Å². The van der Waals surface area contributed by atoms with Crippen LogP contribution in [0.3, 0.4) is 0 Å². The fraction of sp³-hybridized carbons (Fsp3) is 0.773. The van der Waals surface area contributed by atoms with Gasteiger partial charge < -0.3 is 24.7 Å². The van der Waals surface area contributed by atoms with Crippen LogP contribution in [0.4, 0.5) is 0 Å². The zero-order chi connectivity index (χ0) is 20.5. The summed E-state index contributed by atoms with van der Waals surface area (Å²) in [6, 6.07) is 4.31. The van der Waals surface area contributed by atoms with E-state index in [-0.39, 0.29) is 11.6 Å². The van der Waals surface area contributed by atoms with E-state index in [2.05, 4.69) is 47.5 Å². The van der Waals surface area contributed by atoms with E-state index in [1.54, 1.807) is 6.26 Å². The van der Waals surface area contributed by atoms with Gasteiger partial charge in [0.25, 0.3) is 0 Å². The number of nitrogens with zero attached hydrogens (tertiary/aromatic N) is 3.